The van der Waals surface area contributed by atoms with E-state index in [0.29, 0.717) is 42.2 Å². The number of halogens is 3. The molecule has 0 aliphatic carbocycles. The fraction of sp³-hybridized carbons (Fsp3) is 0.355. The van der Waals surface area contributed by atoms with Crippen molar-refractivity contribution in [1.82, 2.24) is 0 Å². The zero-order valence-corrected chi connectivity index (χ0v) is 20.9. The molecule has 1 fully saturated rings. The smallest absolute Gasteiger partial charge is 0.201 e. The van der Waals surface area contributed by atoms with Crippen molar-refractivity contribution in [2.75, 3.05) is 13.2 Å². The first-order chi connectivity index (χ1) is 17.5. The molecular formula is C31H33F3O2. The molecule has 0 spiro atoms. The van der Waals surface area contributed by atoms with E-state index in [1.54, 1.807) is 36.4 Å². The maximum Gasteiger partial charge on any atom is 0.201 e. The topological polar surface area (TPSA) is 18.5 Å². The molecule has 5 heteroatoms. The van der Waals surface area contributed by atoms with Crippen LogP contribution >= 0.6 is 0 Å². The van der Waals surface area contributed by atoms with Crippen molar-refractivity contribution in [2.24, 2.45) is 5.92 Å². The minimum absolute atomic E-state index is 0.0870. The normalized spacial score (nSPS) is 18.0. The highest BCUT2D eigenvalue weighted by Crippen LogP contribution is 2.35. The highest BCUT2D eigenvalue weighted by Gasteiger charge is 2.23. The summed E-state index contributed by atoms with van der Waals surface area (Å²) < 4.78 is 55.4. The molecule has 36 heavy (non-hydrogen) atoms. The van der Waals surface area contributed by atoms with Crippen molar-refractivity contribution in [3.8, 4) is 28.0 Å². The maximum absolute atomic E-state index is 15.1. The van der Waals surface area contributed by atoms with Crippen LogP contribution in [0, 0.1) is 23.4 Å². The van der Waals surface area contributed by atoms with Crippen LogP contribution < -0.4 is 4.74 Å². The zero-order valence-electron chi connectivity index (χ0n) is 20.9. The van der Waals surface area contributed by atoms with Gasteiger partial charge in [-0.3, -0.25) is 0 Å². The molecular weight excluding hydrogens is 461 g/mol. The minimum atomic E-state index is -0.999. The molecule has 190 valence electrons. The Kier molecular flexibility index (Phi) is 8.87. The minimum Gasteiger partial charge on any atom is -0.490 e. The van der Waals surface area contributed by atoms with Crippen LogP contribution in [0.4, 0.5) is 13.2 Å². The van der Waals surface area contributed by atoms with E-state index in [2.05, 4.69) is 12.2 Å². The summed E-state index contributed by atoms with van der Waals surface area (Å²) in [5.41, 5.74) is 2.62. The second-order valence-electron chi connectivity index (χ2n) is 9.32. The van der Waals surface area contributed by atoms with E-state index in [9.17, 15) is 8.78 Å². The summed E-state index contributed by atoms with van der Waals surface area (Å²) in [7, 11) is 0. The van der Waals surface area contributed by atoms with E-state index in [1.807, 2.05) is 19.9 Å². The van der Waals surface area contributed by atoms with Crippen molar-refractivity contribution in [1.29, 1.82) is 0 Å². The molecule has 1 aliphatic rings. The number of ether oxygens (including phenoxy) is 2. The molecule has 2 nitrogen and oxygen atoms in total. The summed E-state index contributed by atoms with van der Waals surface area (Å²) >= 11 is 0. The fourth-order valence-electron chi connectivity index (χ4n) is 4.67. The molecule has 2 atom stereocenters. The molecule has 4 rings (SSSR count). The van der Waals surface area contributed by atoms with E-state index in [0.717, 1.165) is 31.2 Å². The lowest BCUT2D eigenvalue weighted by Crippen LogP contribution is -2.20. The van der Waals surface area contributed by atoms with E-state index >= 15 is 4.39 Å². The molecule has 0 aromatic heterocycles. The highest BCUT2D eigenvalue weighted by molar-refractivity contribution is 5.71. The van der Waals surface area contributed by atoms with Crippen LogP contribution in [-0.4, -0.2) is 13.2 Å². The average Bonchev–Trinajstić information content (AvgIpc) is 2.90. The van der Waals surface area contributed by atoms with Crippen LogP contribution in [0.1, 0.15) is 57.6 Å². The Morgan fingerprint density at radius 2 is 1.64 bits per heavy atom. The number of hydrogen-bond donors (Lipinski definition) is 0. The first-order valence-corrected chi connectivity index (χ1v) is 12.8. The Morgan fingerprint density at radius 3 is 2.28 bits per heavy atom. The van der Waals surface area contributed by atoms with E-state index < -0.39 is 11.6 Å². The van der Waals surface area contributed by atoms with Gasteiger partial charge in [-0.15, -0.1) is 0 Å². The SMILES string of the molecule is CC=CCCC1CCC(c2ccc(-c3ccc(-c4ccc(OCCC)c(F)c4F)cc3)c(F)c2)OC1. The molecule has 3 aromatic carbocycles. The van der Waals surface area contributed by atoms with Crippen molar-refractivity contribution in [3.63, 3.8) is 0 Å². The van der Waals surface area contributed by atoms with Gasteiger partial charge in [0.1, 0.15) is 5.82 Å². The number of allylic oxidation sites excluding steroid dienone is 2. The predicted molar refractivity (Wildman–Crippen MR) is 138 cm³/mol. The third-order valence-electron chi connectivity index (χ3n) is 6.73. The Balaban J connectivity index is 1.45. The molecule has 2 unspecified atom stereocenters. The Morgan fingerprint density at radius 1 is 0.917 bits per heavy atom. The van der Waals surface area contributed by atoms with Crippen LogP contribution in [0.15, 0.2) is 66.7 Å². The summed E-state index contributed by atoms with van der Waals surface area (Å²) in [5.74, 6) is -1.82. The van der Waals surface area contributed by atoms with Gasteiger partial charge < -0.3 is 9.47 Å². The van der Waals surface area contributed by atoms with Crippen LogP contribution in [0.3, 0.4) is 0 Å². The van der Waals surface area contributed by atoms with Gasteiger partial charge in [0.05, 0.1) is 19.3 Å². The van der Waals surface area contributed by atoms with Gasteiger partial charge in [-0.05, 0) is 79.8 Å². The van der Waals surface area contributed by atoms with Gasteiger partial charge in [0.25, 0.3) is 0 Å². The summed E-state index contributed by atoms with van der Waals surface area (Å²) in [4.78, 5) is 0. The van der Waals surface area contributed by atoms with Gasteiger partial charge in [0.2, 0.25) is 5.82 Å². The number of hydrogen-bond acceptors (Lipinski definition) is 2. The van der Waals surface area contributed by atoms with Crippen LogP contribution in [0.25, 0.3) is 22.3 Å². The Labute approximate surface area is 211 Å². The monoisotopic (exact) mass is 494 g/mol. The molecule has 3 aromatic rings. The van der Waals surface area contributed by atoms with E-state index in [-0.39, 0.29) is 23.2 Å². The van der Waals surface area contributed by atoms with Gasteiger partial charge in [-0.2, -0.15) is 4.39 Å². The number of rotatable bonds is 9. The van der Waals surface area contributed by atoms with Gasteiger partial charge >= 0.3 is 0 Å². The molecule has 1 saturated heterocycles. The van der Waals surface area contributed by atoms with Crippen LogP contribution in [0.5, 0.6) is 5.75 Å². The maximum atomic E-state index is 15.1. The van der Waals surface area contributed by atoms with Crippen LogP contribution in [-0.2, 0) is 4.74 Å². The lowest BCUT2D eigenvalue weighted by atomic mass is 9.91. The van der Waals surface area contributed by atoms with Crippen molar-refractivity contribution in [3.05, 3.63) is 89.8 Å². The second-order valence-corrected chi connectivity index (χ2v) is 9.32. The molecule has 0 N–H and O–H groups in total. The lowest BCUT2D eigenvalue weighted by molar-refractivity contribution is -0.0191. The first kappa shape index (κ1) is 26.0. The Bertz CT molecular complexity index is 1180. The van der Waals surface area contributed by atoms with E-state index in [4.69, 9.17) is 9.47 Å². The van der Waals surface area contributed by atoms with Gasteiger partial charge in [0, 0.05) is 11.1 Å². The summed E-state index contributed by atoms with van der Waals surface area (Å²) in [6.07, 6.45) is 9.02. The third kappa shape index (κ3) is 6.01. The lowest BCUT2D eigenvalue weighted by Gasteiger charge is -2.29. The summed E-state index contributed by atoms with van der Waals surface area (Å²) in [5, 5.41) is 0. The molecule has 1 aliphatic heterocycles. The molecule has 1 heterocycles. The number of benzene rings is 3. The molecule has 0 radical (unpaired) electrons. The zero-order chi connectivity index (χ0) is 25.5. The van der Waals surface area contributed by atoms with Crippen molar-refractivity contribution < 1.29 is 22.6 Å². The average molecular weight is 495 g/mol. The summed E-state index contributed by atoms with van der Waals surface area (Å²) in [6, 6.07) is 15.0. The van der Waals surface area contributed by atoms with Gasteiger partial charge in [-0.1, -0.05) is 55.5 Å². The molecule has 0 saturated carbocycles. The quantitative estimate of drug-likeness (QED) is 0.276. The first-order valence-electron chi connectivity index (χ1n) is 12.8. The summed E-state index contributed by atoms with van der Waals surface area (Å²) in [6.45, 7) is 4.95. The van der Waals surface area contributed by atoms with Gasteiger partial charge in [-0.25, -0.2) is 8.78 Å². The van der Waals surface area contributed by atoms with Gasteiger partial charge in [0.15, 0.2) is 11.6 Å². The predicted octanol–water partition coefficient (Wildman–Crippen LogP) is 9.05. The van der Waals surface area contributed by atoms with Crippen molar-refractivity contribution >= 4 is 0 Å². The van der Waals surface area contributed by atoms with Crippen molar-refractivity contribution in [2.45, 2.75) is 52.1 Å². The Hall–Kier alpha value is -3.05. The van der Waals surface area contributed by atoms with Crippen LogP contribution in [0.2, 0.25) is 0 Å². The fourth-order valence-corrected chi connectivity index (χ4v) is 4.67. The second kappa shape index (κ2) is 12.3. The largest absolute Gasteiger partial charge is 0.490 e. The molecule has 0 bridgehead atoms. The third-order valence-corrected chi connectivity index (χ3v) is 6.73. The molecule has 0 amide bonds. The standard InChI is InChI=1S/C31H33F3O2/c1-3-5-6-7-21-8-16-28(36-20-21)24-13-14-25(27(32)19-24)22-9-11-23(12-10-22)26-15-17-29(35-18-4-2)31(34)30(26)33/h3,5,9-15,17,19,21,28H,4,6-8,16,18,20H2,1-2H3. The van der Waals surface area contributed by atoms with E-state index in [1.165, 1.54) is 12.1 Å². The highest BCUT2D eigenvalue weighted by atomic mass is 19.2.